The van der Waals surface area contributed by atoms with E-state index in [0.29, 0.717) is 17.5 Å². The molecule has 0 aliphatic heterocycles. The summed E-state index contributed by atoms with van der Waals surface area (Å²) in [5, 5.41) is 0. The summed E-state index contributed by atoms with van der Waals surface area (Å²) >= 11 is 1.74. The van der Waals surface area contributed by atoms with Crippen LogP contribution in [0.1, 0.15) is 47.5 Å². The summed E-state index contributed by atoms with van der Waals surface area (Å²) in [5.41, 5.74) is 0. The molecule has 0 radical (unpaired) electrons. The molecule has 0 saturated carbocycles. The van der Waals surface area contributed by atoms with E-state index in [1.165, 1.54) is 0 Å². The summed E-state index contributed by atoms with van der Waals surface area (Å²) in [7, 11) is 0. The van der Waals surface area contributed by atoms with Gasteiger partial charge in [-0.3, -0.25) is 4.79 Å². The van der Waals surface area contributed by atoms with Crippen molar-refractivity contribution >= 4 is 17.5 Å². The third-order valence-corrected chi connectivity index (χ3v) is 3.27. The lowest BCUT2D eigenvalue weighted by Crippen LogP contribution is -2.14. The van der Waals surface area contributed by atoms with Crippen LogP contribution in [0.25, 0.3) is 0 Å². The lowest BCUT2D eigenvalue weighted by Gasteiger charge is -2.17. The third-order valence-electron chi connectivity index (χ3n) is 1.94. The number of hydrogen-bond acceptors (Lipinski definition) is 2. The zero-order valence-corrected chi connectivity index (χ0v) is 10.3. The summed E-state index contributed by atoms with van der Waals surface area (Å²) in [6.45, 7) is 10.7. The van der Waals surface area contributed by atoms with E-state index in [0.717, 1.165) is 12.8 Å². The predicted octanol–water partition coefficient (Wildman–Crippen LogP) is 3.52. The summed E-state index contributed by atoms with van der Waals surface area (Å²) in [4.78, 5) is 11.4. The highest BCUT2D eigenvalue weighted by molar-refractivity contribution is 8.01. The van der Waals surface area contributed by atoms with Crippen molar-refractivity contribution in [2.24, 2.45) is 5.92 Å². The van der Waals surface area contributed by atoms with Gasteiger partial charge in [-0.15, -0.1) is 11.8 Å². The quantitative estimate of drug-likeness (QED) is 0.678. The van der Waals surface area contributed by atoms with Crippen molar-refractivity contribution in [3.05, 3.63) is 0 Å². The Morgan fingerprint density at radius 1 is 1.38 bits per heavy atom. The van der Waals surface area contributed by atoms with Gasteiger partial charge in [-0.05, 0) is 5.92 Å². The van der Waals surface area contributed by atoms with Crippen molar-refractivity contribution in [1.82, 2.24) is 0 Å². The minimum Gasteiger partial charge on any atom is -0.299 e. The fourth-order valence-electron chi connectivity index (χ4n) is 0.889. The van der Waals surface area contributed by atoms with Crippen LogP contribution in [-0.4, -0.2) is 16.3 Å². The van der Waals surface area contributed by atoms with Gasteiger partial charge in [0.25, 0.3) is 0 Å². The van der Waals surface area contributed by atoms with Gasteiger partial charge in [0.1, 0.15) is 5.78 Å². The molecule has 0 aromatic carbocycles. The molecule has 0 aliphatic rings. The first-order chi connectivity index (χ1) is 5.85. The van der Waals surface area contributed by atoms with E-state index in [1.807, 2.05) is 0 Å². The maximum atomic E-state index is 11.4. The van der Waals surface area contributed by atoms with Gasteiger partial charge < -0.3 is 0 Å². The zero-order valence-electron chi connectivity index (χ0n) is 9.52. The number of ketones is 1. The van der Waals surface area contributed by atoms with E-state index < -0.39 is 0 Å². The number of rotatable bonds is 5. The molecule has 0 rings (SSSR count). The molecular formula is C11H22OS. The second-order valence-corrected chi connectivity index (χ2v) is 6.46. The molecule has 1 nitrogen and oxygen atoms in total. The van der Waals surface area contributed by atoms with Gasteiger partial charge in [0.2, 0.25) is 0 Å². The van der Waals surface area contributed by atoms with E-state index >= 15 is 0 Å². The zero-order chi connectivity index (χ0) is 10.5. The van der Waals surface area contributed by atoms with Crippen molar-refractivity contribution in [2.45, 2.75) is 52.2 Å². The first kappa shape index (κ1) is 13.0. The molecule has 0 saturated heterocycles. The van der Waals surface area contributed by atoms with E-state index in [4.69, 9.17) is 0 Å². The Hall–Kier alpha value is 0.0200. The molecule has 2 heteroatoms. The minimum absolute atomic E-state index is 0.213. The molecule has 0 aromatic heterocycles. The van der Waals surface area contributed by atoms with Crippen LogP contribution in [0.15, 0.2) is 0 Å². The maximum Gasteiger partial charge on any atom is 0.143 e. The first-order valence-electron chi connectivity index (χ1n) is 5.00. The highest BCUT2D eigenvalue weighted by Gasteiger charge is 2.14. The molecule has 0 bridgehead atoms. The van der Waals surface area contributed by atoms with Gasteiger partial charge in [0.05, 0.1) is 5.75 Å². The van der Waals surface area contributed by atoms with E-state index in [2.05, 4.69) is 34.6 Å². The van der Waals surface area contributed by atoms with Crippen LogP contribution in [0.3, 0.4) is 0 Å². The SMILES string of the molecule is CCC(C)CC(=O)CSC(C)(C)C. The Balaban J connectivity index is 3.64. The Morgan fingerprint density at radius 2 is 1.92 bits per heavy atom. The maximum absolute atomic E-state index is 11.4. The van der Waals surface area contributed by atoms with Crippen molar-refractivity contribution < 1.29 is 4.79 Å². The molecule has 0 fully saturated rings. The minimum atomic E-state index is 0.213. The lowest BCUT2D eigenvalue weighted by atomic mass is 10.0. The monoisotopic (exact) mass is 202 g/mol. The number of thioether (sulfide) groups is 1. The Bertz CT molecular complexity index is 158. The number of hydrogen-bond donors (Lipinski definition) is 0. The molecule has 0 aromatic rings. The standard InChI is InChI=1S/C11H22OS/c1-6-9(2)7-10(12)8-13-11(3,4)5/h9H,6-8H2,1-5H3. The Morgan fingerprint density at radius 3 is 2.31 bits per heavy atom. The fourth-order valence-corrected chi connectivity index (χ4v) is 1.60. The number of Topliss-reactive ketones (excluding diaryl/α,β-unsaturated/α-hetero) is 1. The van der Waals surface area contributed by atoms with Gasteiger partial charge in [-0.25, -0.2) is 0 Å². The van der Waals surface area contributed by atoms with Crippen LogP contribution in [0.4, 0.5) is 0 Å². The predicted molar refractivity (Wildman–Crippen MR) is 61.3 cm³/mol. The molecular weight excluding hydrogens is 180 g/mol. The van der Waals surface area contributed by atoms with E-state index in [9.17, 15) is 4.79 Å². The molecule has 0 spiro atoms. The molecule has 0 heterocycles. The summed E-state index contributed by atoms with van der Waals surface area (Å²) in [6.07, 6.45) is 1.85. The van der Waals surface area contributed by atoms with E-state index in [-0.39, 0.29) is 4.75 Å². The average Bonchev–Trinajstić information content (AvgIpc) is 1.99. The van der Waals surface area contributed by atoms with Gasteiger partial charge in [0.15, 0.2) is 0 Å². The smallest absolute Gasteiger partial charge is 0.143 e. The van der Waals surface area contributed by atoms with Crippen LogP contribution in [0.2, 0.25) is 0 Å². The topological polar surface area (TPSA) is 17.1 Å². The normalized spacial score (nSPS) is 14.2. The van der Waals surface area contributed by atoms with E-state index in [1.54, 1.807) is 11.8 Å². The first-order valence-corrected chi connectivity index (χ1v) is 5.99. The molecule has 78 valence electrons. The second kappa shape index (κ2) is 5.69. The van der Waals surface area contributed by atoms with Crippen LogP contribution >= 0.6 is 11.8 Å². The summed E-state index contributed by atoms with van der Waals surface area (Å²) in [6, 6.07) is 0. The highest BCUT2D eigenvalue weighted by atomic mass is 32.2. The molecule has 1 unspecified atom stereocenters. The number of carbonyl (C=O) groups excluding carboxylic acids is 1. The van der Waals surface area contributed by atoms with Crippen LogP contribution in [0, 0.1) is 5.92 Å². The average molecular weight is 202 g/mol. The molecule has 0 N–H and O–H groups in total. The van der Waals surface area contributed by atoms with Crippen molar-refractivity contribution in [3.8, 4) is 0 Å². The van der Waals surface area contributed by atoms with Gasteiger partial charge in [-0.2, -0.15) is 0 Å². The third kappa shape index (κ3) is 8.35. The molecule has 1 atom stereocenters. The van der Waals surface area contributed by atoms with Crippen LogP contribution < -0.4 is 0 Å². The molecule has 0 aliphatic carbocycles. The Labute approximate surface area is 86.7 Å². The Kier molecular flexibility index (Phi) is 5.70. The van der Waals surface area contributed by atoms with Gasteiger partial charge in [-0.1, -0.05) is 41.0 Å². The van der Waals surface area contributed by atoms with Crippen molar-refractivity contribution in [3.63, 3.8) is 0 Å². The van der Waals surface area contributed by atoms with Gasteiger partial charge >= 0.3 is 0 Å². The van der Waals surface area contributed by atoms with Crippen LogP contribution in [-0.2, 0) is 4.79 Å². The van der Waals surface area contributed by atoms with Gasteiger partial charge in [0, 0.05) is 11.2 Å². The number of carbonyl (C=O) groups is 1. The highest BCUT2D eigenvalue weighted by Crippen LogP contribution is 2.23. The largest absolute Gasteiger partial charge is 0.299 e. The molecule has 13 heavy (non-hydrogen) atoms. The van der Waals surface area contributed by atoms with Crippen molar-refractivity contribution in [1.29, 1.82) is 0 Å². The second-order valence-electron chi connectivity index (χ2n) is 4.66. The molecule has 0 amide bonds. The lowest BCUT2D eigenvalue weighted by molar-refractivity contribution is -0.117. The summed E-state index contributed by atoms with van der Waals surface area (Å²) in [5.74, 6) is 1.62. The van der Waals surface area contributed by atoms with Crippen LogP contribution in [0.5, 0.6) is 0 Å². The van der Waals surface area contributed by atoms with Crippen molar-refractivity contribution in [2.75, 3.05) is 5.75 Å². The summed E-state index contributed by atoms with van der Waals surface area (Å²) < 4.78 is 0.213. The fraction of sp³-hybridized carbons (Fsp3) is 0.909.